The van der Waals surface area contributed by atoms with Crippen LogP contribution in [0.5, 0.6) is 0 Å². The van der Waals surface area contributed by atoms with E-state index < -0.39 is 11.7 Å². The van der Waals surface area contributed by atoms with E-state index in [-0.39, 0.29) is 5.82 Å². The van der Waals surface area contributed by atoms with E-state index in [0.29, 0.717) is 23.4 Å². The van der Waals surface area contributed by atoms with Gasteiger partial charge in [0.2, 0.25) is 0 Å². The first kappa shape index (κ1) is 14.4. The zero-order valence-corrected chi connectivity index (χ0v) is 11.1. The molecule has 0 saturated carbocycles. The molecule has 1 aromatic rings. The van der Waals surface area contributed by atoms with Crippen molar-refractivity contribution in [1.82, 2.24) is 0 Å². The topological polar surface area (TPSA) is 29.5 Å². The monoisotopic (exact) mass is 260 g/mol. The highest BCUT2D eigenvalue weighted by atomic mass is 35.5. The van der Waals surface area contributed by atoms with Gasteiger partial charge in [0.05, 0.1) is 11.7 Å². The fourth-order valence-corrected chi connectivity index (χ4v) is 1.87. The Bertz CT molecular complexity index is 380. The number of rotatable bonds is 5. The standard InChI is InChI=1S/C13H18ClFO2/c1-13(2,17-3)8-11(16)7-9-6-10(15)4-5-12(9)14/h4-6,11,16H,7-8H2,1-3H3. The second-order valence-electron chi connectivity index (χ2n) is 4.76. The van der Waals surface area contributed by atoms with Gasteiger partial charge in [-0.25, -0.2) is 4.39 Å². The summed E-state index contributed by atoms with van der Waals surface area (Å²) < 4.78 is 18.3. The van der Waals surface area contributed by atoms with E-state index in [1.54, 1.807) is 7.11 Å². The summed E-state index contributed by atoms with van der Waals surface area (Å²) in [5.41, 5.74) is 0.213. The molecule has 0 heterocycles. The summed E-state index contributed by atoms with van der Waals surface area (Å²) in [6, 6.07) is 4.16. The summed E-state index contributed by atoms with van der Waals surface area (Å²) in [5, 5.41) is 10.4. The highest BCUT2D eigenvalue weighted by molar-refractivity contribution is 6.31. The van der Waals surface area contributed by atoms with Crippen molar-refractivity contribution in [2.24, 2.45) is 0 Å². The Hall–Kier alpha value is -0.640. The fourth-order valence-electron chi connectivity index (χ4n) is 1.68. The van der Waals surface area contributed by atoms with Crippen LogP contribution in [0.25, 0.3) is 0 Å². The van der Waals surface area contributed by atoms with Gasteiger partial charge in [0, 0.05) is 25.0 Å². The van der Waals surface area contributed by atoms with Gasteiger partial charge in [0.25, 0.3) is 0 Å². The third-order valence-electron chi connectivity index (χ3n) is 2.74. The third kappa shape index (κ3) is 4.62. The molecule has 1 N–H and O–H groups in total. The van der Waals surface area contributed by atoms with Crippen LogP contribution < -0.4 is 0 Å². The first-order valence-corrected chi connectivity index (χ1v) is 5.89. The number of aliphatic hydroxyl groups is 1. The second kappa shape index (κ2) is 5.80. The first-order chi connectivity index (χ1) is 7.84. The number of benzene rings is 1. The molecule has 17 heavy (non-hydrogen) atoms. The molecular weight excluding hydrogens is 243 g/mol. The van der Waals surface area contributed by atoms with E-state index in [2.05, 4.69) is 0 Å². The van der Waals surface area contributed by atoms with Crippen LogP contribution in [-0.2, 0) is 11.2 Å². The Morgan fingerprint density at radius 2 is 2.12 bits per heavy atom. The van der Waals surface area contributed by atoms with Crippen molar-refractivity contribution in [1.29, 1.82) is 0 Å². The van der Waals surface area contributed by atoms with Gasteiger partial charge in [-0.2, -0.15) is 0 Å². The SMILES string of the molecule is COC(C)(C)CC(O)Cc1cc(F)ccc1Cl. The number of hydrogen-bond acceptors (Lipinski definition) is 2. The third-order valence-corrected chi connectivity index (χ3v) is 3.11. The fraction of sp³-hybridized carbons (Fsp3) is 0.538. The summed E-state index contributed by atoms with van der Waals surface area (Å²) in [5.74, 6) is -0.345. The Balaban J connectivity index is 2.68. The Kier molecular flexibility index (Phi) is 4.92. The molecule has 4 heteroatoms. The van der Waals surface area contributed by atoms with Crippen molar-refractivity contribution >= 4 is 11.6 Å². The smallest absolute Gasteiger partial charge is 0.123 e. The number of hydrogen-bond donors (Lipinski definition) is 1. The Morgan fingerprint density at radius 3 is 2.71 bits per heavy atom. The van der Waals surface area contributed by atoms with Crippen molar-refractivity contribution in [3.8, 4) is 0 Å². The first-order valence-electron chi connectivity index (χ1n) is 5.51. The lowest BCUT2D eigenvalue weighted by Crippen LogP contribution is -2.29. The predicted octanol–water partition coefficient (Wildman–Crippen LogP) is 3.20. The van der Waals surface area contributed by atoms with Crippen LogP contribution in [0.3, 0.4) is 0 Å². The van der Waals surface area contributed by atoms with E-state index in [1.165, 1.54) is 18.2 Å². The number of ether oxygens (including phenoxy) is 1. The molecule has 1 unspecified atom stereocenters. The Morgan fingerprint density at radius 1 is 1.47 bits per heavy atom. The van der Waals surface area contributed by atoms with Crippen molar-refractivity contribution in [3.63, 3.8) is 0 Å². The van der Waals surface area contributed by atoms with E-state index >= 15 is 0 Å². The summed E-state index contributed by atoms with van der Waals surface area (Å²) in [7, 11) is 1.60. The van der Waals surface area contributed by atoms with Crippen LogP contribution in [0, 0.1) is 5.82 Å². The van der Waals surface area contributed by atoms with Gasteiger partial charge in [-0.05, 0) is 37.6 Å². The summed E-state index contributed by atoms with van der Waals surface area (Å²) in [6.45, 7) is 3.78. The average molecular weight is 261 g/mol. The van der Waals surface area contributed by atoms with E-state index in [0.717, 1.165) is 0 Å². The quantitative estimate of drug-likeness (QED) is 0.881. The van der Waals surface area contributed by atoms with Crippen LogP contribution in [0.15, 0.2) is 18.2 Å². The zero-order chi connectivity index (χ0) is 13.1. The zero-order valence-electron chi connectivity index (χ0n) is 10.3. The van der Waals surface area contributed by atoms with Gasteiger partial charge in [-0.3, -0.25) is 0 Å². The van der Waals surface area contributed by atoms with Crippen molar-refractivity contribution in [3.05, 3.63) is 34.6 Å². The van der Waals surface area contributed by atoms with Crippen molar-refractivity contribution < 1.29 is 14.2 Å². The molecule has 0 spiro atoms. The second-order valence-corrected chi connectivity index (χ2v) is 5.17. The van der Waals surface area contributed by atoms with Crippen LogP contribution in [0.1, 0.15) is 25.8 Å². The maximum atomic E-state index is 13.0. The molecular formula is C13H18ClFO2. The molecule has 1 aromatic carbocycles. The lowest BCUT2D eigenvalue weighted by Gasteiger charge is -2.26. The Labute approximate surface area is 106 Å². The molecule has 2 nitrogen and oxygen atoms in total. The molecule has 96 valence electrons. The van der Waals surface area contributed by atoms with Crippen LogP contribution in [-0.4, -0.2) is 23.9 Å². The molecule has 0 saturated heterocycles. The summed E-state index contributed by atoms with van der Waals surface area (Å²) in [4.78, 5) is 0. The van der Waals surface area contributed by atoms with E-state index in [9.17, 15) is 9.50 Å². The lowest BCUT2D eigenvalue weighted by molar-refractivity contribution is -0.0190. The minimum Gasteiger partial charge on any atom is -0.393 e. The molecule has 0 amide bonds. The van der Waals surface area contributed by atoms with Crippen molar-refractivity contribution in [2.75, 3.05) is 7.11 Å². The molecule has 1 atom stereocenters. The summed E-state index contributed by atoms with van der Waals surface area (Å²) in [6.07, 6.45) is 0.184. The molecule has 0 aliphatic carbocycles. The summed E-state index contributed by atoms with van der Waals surface area (Å²) >= 11 is 5.94. The van der Waals surface area contributed by atoms with Crippen molar-refractivity contribution in [2.45, 2.75) is 38.4 Å². The van der Waals surface area contributed by atoms with Crippen LogP contribution in [0.4, 0.5) is 4.39 Å². The molecule has 0 radical (unpaired) electrons. The highest BCUT2D eigenvalue weighted by Crippen LogP contribution is 2.22. The molecule has 0 aliphatic heterocycles. The number of methoxy groups -OCH3 is 1. The lowest BCUT2D eigenvalue weighted by atomic mass is 9.96. The van der Waals surface area contributed by atoms with Gasteiger partial charge in [0.1, 0.15) is 5.82 Å². The predicted molar refractivity (Wildman–Crippen MR) is 66.8 cm³/mol. The highest BCUT2D eigenvalue weighted by Gasteiger charge is 2.22. The van der Waals surface area contributed by atoms with E-state index in [4.69, 9.17) is 16.3 Å². The van der Waals surface area contributed by atoms with Gasteiger partial charge >= 0.3 is 0 Å². The van der Waals surface area contributed by atoms with Gasteiger partial charge in [-0.15, -0.1) is 0 Å². The molecule has 1 rings (SSSR count). The van der Waals surface area contributed by atoms with Crippen LogP contribution >= 0.6 is 11.6 Å². The van der Waals surface area contributed by atoms with Gasteiger partial charge in [0.15, 0.2) is 0 Å². The van der Waals surface area contributed by atoms with Gasteiger partial charge in [-0.1, -0.05) is 11.6 Å². The normalized spacial score (nSPS) is 13.8. The minimum atomic E-state index is -0.607. The van der Waals surface area contributed by atoms with E-state index in [1.807, 2.05) is 13.8 Å². The molecule has 0 aromatic heterocycles. The average Bonchev–Trinajstić information content (AvgIpc) is 2.23. The number of halogens is 2. The van der Waals surface area contributed by atoms with Crippen LogP contribution in [0.2, 0.25) is 5.02 Å². The van der Waals surface area contributed by atoms with Gasteiger partial charge < -0.3 is 9.84 Å². The largest absolute Gasteiger partial charge is 0.393 e. The molecule has 0 fully saturated rings. The molecule has 0 bridgehead atoms. The molecule has 0 aliphatic rings. The maximum Gasteiger partial charge on any atom is 0.123 e. The number of aliphatic hydroxyl groups excluding tert-OH is 1. The minimum absolute atomic E-state index is 0.323. The maximum absolute atomic E-state index is 13.0.